The van der Waals surface area contributed by atoms with Gasteiger partial charge in [-0.2, -0.15) is 0 Å². The summed E-state index contributed by atoms with van der Waals surface area (Å²) >= 11 is 0. The second-order valence-electron chi connectivity index (χ2n) is 28.5. The van der Waals surface area contributed by atoms with Crippen LogP contribution in [0.2, 0.25) is 0 Å². The van der Waals surface area contributed by atoms with Gasteiger partial charge < -0.3 is 33.8 Å². The van der Waals surface area contributed by atoms with Crippen molar-refractivity contribution in [2.45, 2.75) is 419 Å². The van der Waals surface area contributed by atoms with Gasteiger partial charge in [0.2, 0.25) is 0 Å². The Balaban J connectivity index is 5.21. The number of rotatable bonds is 76. The number of phosphoric ester groups is 2. The van der Waals surface area contributed by atoms with Gasteiger partial charge in [-0.05, 0) is 37.5 Å². The van der Waals surface area contributed by atoms with E-state index in [9.17, 15) is 43.2 Å². The zero-order valence-corrected chi connectivity index (χ0v) is 64.5. The van der Waals surface area contributed by atoms with E-state index < -0.39 is 97.5 Å². The molecule has 0 aliphatic carbocycles. The molecule has 0 rings (SSSR count). The molecule has 0 saturated heterocycles. The highest BCUT2D eigenvalue weighted by Crippen LogP contribution is 2.45. The van der Waals surface area contributed by atoms with E-state index in [1.165, 1.54) is 212 Å². The van der Waals surface area contributed by atoms with Crippen LogP contribution in [0.15, 0.2) is 0 Å². The van der Waals surface area contributed by atoms with Gasteiger partial charge in [0.25, 0.3) is 0 Å². The second kappa shape index (κ2) is 68.8. The molecule has 0 heterocycles. The Morgan fingerprint density at radius 1 is 0.302 bits per heavy atom. The van der Waals surface area contributed by atoms with E-state index in [1.54, 1.807) is 0 Å². The second-order valence-corrected chi connectivity index (χ2v) is 31.4. The normalized spacial score (nSPS) is 14.3. The first-order valence-electron chi connectivity index (χ1n) is 40.0. The van der Waals surface area contributed by atoms with Gasteiger partial charge in [0.15, 0.2) is 12.2 Å². The largest absolute Gasteiger partial charge is 0.472 e. The lowest BCUT2D eigenvalue weighted by atomic mass is 10.00. The SMILES string of the molecule is CCCCCCCCCCCCCCCCCCCCCCC(=O)O[C@H](COC(=O)CCCCCCCCCCCCCCCCCC)COP(=O)(O)OC[C@@H](O)COP(=O)(O)OC[C@@H](COC(=O)CCCCCCCCC(C)CC)OC(=O)CCCCCCCCCC(C)C. The molecular weight excluding hydrogens is 1260 g/mol. The molecule has 96 heavy (non-hydrogen) atoms. The van der Waals surface area contributed by atoms with Crippen molar-refractivity contribution in [1.29, 1.82) is 0 Å². The summed E-state index contributed by atoms with van der Waals surface area (Å²) in [4.78, 5) is 72.8. The minimum absolute atomic E-state index is 0.103. The number of phosphoric acid groups is 2. The smallest absolute Gasteiger partial charge is 0.462 e. The van der Waals surface area contributed by atoms with E-state index in [2.05, 4.69) is 41.5 Å². The fourth-order valence-electron chi connectivity index (χ4n) is 11.8. The Hall–Kier alpha value is -1.94. The Bertz CT molecular complexity index is 1860. The quantitative estimate of drug-likeness (QED) is 0.0222. The van der Waals surface area contributed by atoms with Gasteiger partial charge in [-0.25, -0.2) is 9.13 Å². The Morgan fingerprint density at radius 3 is 0.792 bits per heavy atom. The predicted octanol–water partition coefficient (Wildman–Crippen LogP) is 22.7. The van der Waals surface area contributed by atoms with E-state index in [4.69, 9.17) is 37.0 Å². The minimum atomic E-state index is -4.96. The standard InChI is InChI=1S/C77H150O17P2/c1-7-10-12-14-16-18-20-22-24-26-27-28-29-31-33-35-37-41-49-55-61-76(81)93-72(65-87-74(79)59-53-47-40-36-34-32-30-25-23-21-19-17-15-13-11-8-2)67-91-95(83,84)89-63-71(78)64-90-96(85,86)92-68-73(94-77(82)62-56-50-42-38-39-45-51-57-69(4)5)66-88-75(80)60-54-48-44-43-46-52-58-70(6)9-3/h69-73,78H,7-68H2,1-6H3,(H,83,84)(H,85,86)/t70?,71-,72-,73-/m1/s1. The monoisotopic (exact) mass is 1410 g/mol. The molecule has 0 aliphatic heterocycles. The lowest BCUT2D eigenvalue weighted by Crippen LogP contribution is -2.30. The summed E-state index contributed by atoms with van der Waals surface area (Å²) in [5.41, 5.74) is 0. The lowest BCUT2D eigenvalue weighted by Gasteiger charge is -2.21. The summed E-state index contributed by atoms with van der Waals surface area (Å²) in [5.74, 6) is -0.692. The number of carbonyl (C=O) groups is 4. The molecule has 6 atom stereocenters. The number of unbranched alkanes of at least 4 members (excludes halogenated alkanes) is 45. The first-order chi connectivity index (χ1) is 46.4. The highest BCUT2D eigenvalue weighted by Gasteiger charge is 2.30. The maximum Gasteiger partial charge on any atom is 0.472 e. The maximum atomic E-state index is 13.1. The Labute approximate surface area is 588 Å². The highest BCUT2D eigenvalue weighted by molar-refractivity contribution is 7.47. The number of carbonyl (C=O) groups excluding carboxylic acids is 4. The fraction of sp³-hybridized carbons (Fsp3) is 0.948. The van der Waals surface area contributed by atoms with Gasteiger partial charge in [-0.1, -0.05) is 350 Å². The highest BCUT2D eigenvalue weighted by atomic mass is 31.2. The van der Waals surface area contributed by atoms with Gasteiger partial charge in [-0.15, -0.1) is 0 Å². The average Bonchev–Trinajstić information content (AvgIpc) is 1.39. The molecule has 0 aromatic heterocycles. The third-order valence-electron chi connectivity index (χ3n) is 18.3. The van der Waals surface area contributed by atoms with Crippen LogP contribution in [0, 0.1) is 11.8 Å². The third kappa shape index (κ3) is 69.2. The van der Waals surface area contributed by atoms with Crippen molar-refractivity contribution in [3.63, 3.8) is 0 Å². The molecule has 17 nitrogen and oxygen atoms in total. The fourth-order valence-corrected chi connectivity index (χ4v) is 13.4. The van der Waals surface area contributed by atoms with Crippen molar-refractivity contribution in [1.82, 2.24) is 0 Å². The van der Waals surface area contributed by atoms with E-state index in [0.717, 1.165) is 102 Å². The first-order valence-corrected chi connectivity index (χ1v) is 43.0. The summed E-state index contributed by atoms with van der Waals surface area (Å²) in [5, 5.41) is 10.6. The molecule has 0 spiro atoms. The van der Waals surface area contributed by atoms with Crippen molar-refractivity contribution < 1.29 is 80.2 Å². The molecule has 3 unspecified atom stereocenters. The van der Waals surface area contributed by atoms with Crippen LogP contribution in [0.1, 0.15) is 401 Å². The predicted molar refractivity (Wildman–Crippen MR) is 391 cm³/mol. The molecule has 3 N–H and O–H groups in total. The summed E-state index contributed by atoms with van der Waals surface area (Å²) < 4.78 is 68.5. The number of hydrogen-bond acceptors (Lipinski definition) is 15. The zero-order valence-electron chi connectivity index (χ0n) is 62.7. The molecule has 0 amide bonds. The molecule has 0 bridgehead atoms. The molecule has 0 fully saturated rings. The molecule has 0 aliphatic rings. The summed E-state index contributed by atoms with van der Waals surface area (Å²) in [6.45, 7) is 9.49. The minimum Gasteiger partial charge on any atom is -0.462 e. The summed E-state index contributed by atoms with van der Waals surface area (Å²) in [6, 6.07) is 0. The number of aliphatic hydroxyl groups excluding tert-OH is 1. The van der Waals surface area contributed by atoms with Crippen LogP contribution in [0.25, 0.3) is 0 Å². The molecule has 0 aromatic carbocycles. The topological polar surface area (TPSA) is 237 Å². The number of esters is 4. The summed E-state index contributed by atoms with van der Waals surface area (Å²) in [6.07, 6.45) is 57.2. The van der Waals surface area contributed by atoms with Crippen molar-refractivity contribution in [2.24, 2.45) is 11.8 Å². The van der Waals surface area contributed by atoms with E-state index >= 15 is 0 Å². The van der Waals surface area contributed by atoms with E-state index in [1.807, 2.05) is 0 Å². The van der Waals surface area contributed by atoms with Crippen LogP contribution in [0.4, 0.5) is 0 Å². The van der Waals surface area contributed by atoms with E-state index in [-0.39, 0.29) is 25.7 Å². The van der Waals surface area contributed by atoms with Gasteiger partial charge in [0.05, 0.1) is 26.4 Å². The zero-order chi connectivity index (χ0) is 70.7. The number of aliphatic hydroxyl groups is 1. The first kappa shape index (κ1) is 94.1. The van der Waals surface area contributed by atoms with Gasteiger partial charge in [-0.3, -0.25) is 37.3 Å². The van der Waals surface area contributed by atoms with Gasteiger partial charge >= 0.3 is 39.5 Å². The molecule has 0 aromatic rings. The van der Waals surface area contributed by atoms with Crippen molar-refractivity contribution in [2.75, 3.05) is 39.6 Å². The lowest BCUT2D eigenvalue weighted by molar-refractivity contribution is -0.161. The van der Waals surface area contributed by atoms with E-state index in [0.29, 0.717) is 31.6 Å². The van der Waals surface area contributed by atoms with Crippen LogP contribution in [0.3, 0.4) is 0 Å². The average molecular weight is 1410 g/mol. The molecular formula is C77H150O17P2. The number of hydrogen-bond donors (Lipinski definition) is 3. The van der Waals surface area contributed by atoms with Gasteiger partial charge in [0, 0.05) is 25.7 Å². The van der Waals surface area contributed by atoms with Gasteiger partial charge in [0.1, 0.15) is 19.3 Å². The Kier molecular flexibility index (Phi) is 67.4. The van der Waals surface area contributed by atoms with Crippen molar-refractivity contribution in [3.8, 4) is 0 Å². The molecule has 0 saturated carbocycles. The van der Waals surface area contributed by atoms with Crippen LogP contribution in [-0.2, 0) is 65.4 Å². The van der Waals surface area contributed by atoms with Crippen molar-refractivity contribution in [3.05, 3.63) is 0 Å². The Morgan fingerprint density at radius 2 is 0.531 bits per heavy atom. The van der Waals surface area contributed by atoms with Crippen LogP contribution >= 0.6 is 15.6 Å². The van der Waals surface area contributed by atoms with Crippen molar-refractivity contribution >= 4 is 39.5 Å². The molecule has 570 valence electrons. The number of ether oxygens (including phenoxy) is 4. The third-order valence-corrected chi connectivity index (χ3v) is 20.2. The molecule has 0 radical (unpaired) electrons. The van der Waals surface area contributed by atoms with Crippen LogP contribution in [-0.4, -0.2) is 96.7 Å². The summed E-state index contributed by atoms with van der Waals surface area (Å²) in [7, 11) is -9.91. The van der Waals surface area contributed by atoms with Crippen LogP contribution < -0.4 is 0 Å². The van der Waals surface area contributed by atoms with Crippen LogP contribution in [0.5, 0.6) is 0 Å². The maximum absolute atomic E-state index is 13.1. The molecule has 19 heteroatoms.